The number of hydrogen-bond acceptors (Lipinski definition) is 6. The molecule has 0 radical (unpaired) electrons. The Morgan fingerprint density at radius 2 is 1.83 bits per heavy atom. The zero-order valence-electron chi connectivity index (χ0n) is 23.4. The van der Waals surface area contributed by atoms with E-state index in [2.05, 4.69) is 27.3 Å². The maximum atomic E-state index is 14.3. The summed E-state index contributed by atoms with van der Waals surface area (Å²) in [5, 5.41) is 8.06. The molecule has 2 aromatic heterocycles. The Morgan fingerprint density at radius 1 is 1.10 bits per heavy atom. The standard InChI is InChI=1S/C31H31FN6O3/c1-17(22-7-5-6-8-24(22)32)35-30(41)26-12-31(4)13-27(31)38(26)28(40)16-37-25-10-9-20(21-14-33-19(3)34-15-21)11-23(25)29(36-37)18(2)39/h5-11,14-15,17,26-27H,12-13,16H2,1-4H3,(H,35,41)/t17?,26-,27+,31-/m0/s1. The lowest BCUT2D eigenvalue weighted by atomic mass is 10.0. The van der Waals surface area contributed by atoms with E-state index in [0.717, 1.165) is 17.5 Å². The average molecular weight is 555 g/mol. The van der Waals surface area contributed by atoms with Crippen molar-refractivity contribution in [2.75, 3.05) is 0 Å². The van der Waals surface area contributed by atoms with Crippen LogP contribution in [-0.2, 0) is 16.1 Å². The Labute approximate surface area is 236 Å². The first-order chi connectivity index (χ1) is 19.6. The number of halogens is 1. The summed E-state index contributed by atoms with van der Waals surface area (Å²) in [7, 11) is 0. The Hall–Kier alpha value is -4.47. The molecule has 1 N–H and O–H groups in total. The van der Waals surface area contributed by atoms with Crippen LogP contribution in [0.3, 0.4) is 0 Å². The second kappa shape index (κ2) is 9.87. The number of carbonyl (C=O) groups is 3. The molecule has 10 heteroatoms. The molecule has 210 valence electrons. The number of aryl methyl sites for hydroxylation is 1. The number of benzene rings is 2. The lowest BCUT2D eigenvalue weighted by Crippen LogP contribution is -2.49. The minimum absolute atomic E-state index is 0.0447. The van der Waals surface area contributed by atoms with Crippen LogP contribution in [0, 0.1) is 18.2 Å². The van der Waals surface area contributed by atoms with Gasteiger partial charge in [0.25, 0.3) is 0 Å². The van der Waals surface area contributed by atoms with Crippen molar-refractivity contribution < 1.29 is 18.8 Å². The highest BCUT2D eigenvalue weighted by atomic mass is 19.1. The summed E-state index contributed by atoms with van der Waals surface area (Å²) in [5.74, 6) is -0.492. The van der Waals surface area contributed by atoms with Gasteiger partial charge in [0.2, 0.25) is 11.8 Å². The predicted octanol–water partition coefficient (Wildman–Crippen LogP) is 4.40. The van der Waals surface area contributed by atoms with E-state index in [1.807, 2.05) is 25.1 Å². The van der Waals surface area contributed by atoms with Gasteiger partial charge >= 0.3 is 0 Å². The number of nitrogens with zero attached hydrogens (tertiary/aromatic N) is 5. The molecule has 4 aromatic rings. The number of amides is 2. The van der Waals surface area contributed by atoms with Crippen molar-refractivity contribution in [3.8, 4) is 11.1 Å². The SMILES string of the molecule is CC(=O)c1nn(CC(=O)N2[C@H](C(=O)NC(C)c3ccccc3F)C[C@@]3(C)C[C@@H]23)c2ccc(-c3cnc(C)nc3)cc12. The van der Waals surface area contributed by atoms with Gasteiger partial charge in [-0.25, -0.2) is 14.4 Å². The number of hydrogen-bond donors (Lipinski definition) is 1. The number of likely N-dealkylation sites (tertiary alicyclic amines) is 1. The lowest BCUT2D eigenvalue weighted by Gasteiger charge is -2.28. The van der Waals surface area contributed by atoms with E-state index in [4.69, 9.17) is 0 Å². The topological polar surface area (TPSA) is 110 Å². The average Bonchev–Trinajstić information content (AvgIpc) is 3.30. The summed E-state index contributed by atoms with van der Waals surface area (Å²) >= 11 is 0. The maximum Gasteiger partial charge on any atom is 0.245 e. The monoisotopic (exact) mass is 554 g/mol. The molecule has 9 nitrogen and oxygen atoms in total. The first-order valence-corrected chi connectivity index (χ1v) is 13.7. The van der Waals surface area contributed by atoms with Gasteiger partial charge in [-0.15, -0.1) is 0 Å². The molecule has 41 heavy (non-hydrogen) atoms. The molecule has 4 atom stereocenters. The summed E-state index contributed by atoms with van der Waals surface area (Å²) in [6, 6.07) is 10.7. The van der Waals surface area contributed by atoms with E-state index in [-0.39, 0.29) is 47.1 Å². The third-order valence-corrected chi connectivity index (χ3v) is 8.44. The molecular weight excluding hydrogens is 523 g/mol. The van der Waals surface area contributed by atoms with Gasteiger partial charge in [-0.2, -0.15) is 5.10 Å². The Morgan fingerprint density at radius 3 is 2.54 bits per heavy atom. The maximum absolute atomic E-state index is 14.3. The van der Waals surface area contributed by atoms with E-state index in [1.54, 1.807) is 47.1 Å². The minimum atomic E-state index is -0.664. The normalized spacial score (nSPS) is 21.9. The molecule has 0 bridgehead atoms. The number of rotatable bonds is 7. The molecule has 1 unspecified atom stereocenters. The molecule has 6 rings (SSSR count). The molecular formula is C31H31FN6O3. The van der Waals surface area contributed by atoms with Gasteiger partial charge in [0, 0.05) is 41.9 Å². The highest BCUT2D eigenvalue weighted by molar-refractivity contribution is 6.06. The quantitative estimate of drug-likeness (QED) is 0.339. The third-order valence-electron chi connectivity index (χ3n) is 8.44. The molecule has 2 aromatic carbocycles. The molecule has 3 heterocycles. The third kappa shape index (κ3) is 4.77. The number of nitrogens with one attached hydrogen (secondary N) is 1. The molecule has 2 aliphatic rings. The van der Waals surface area contributed by atoms with Crippen molar-refractivity contribution >= 4 is 28.5 Å². The number of piperidine rings is 1. The van der Waals surface area contributed by atoms with Crippen LogP contribution in [0.1, 0.15) is 61.5 Å². The molecule has 2 amide bonds. The van der Waals surface area contributed by atoms with Crippen LogP contribution in [0.15, 0.2) is 54.9 Å². The van der Waals surface area contributed by atoms with E-state index < -0.39 is 12.1 Å². The van der Waals surface area contributed by atoms with Crippen LogP contribution in [0.5, 0.6) is 0 Å². The van der Waals surface area contributed by atoms with Crippen LogP contribution >= 0.6 is 0 Å². The van der Waals surface area contributed by atoms with Gasteiger partial charge in [0.15, 0.2) is 5.78 Å². The van der Waals surface area contributed by atoms with Gasteiger partial charge in [0.05, 0.1) is 11.6 Å². The zero-order valence-corrected chi connectivity index (χ0v) is 23.4. The number of fused-ring (bicyclic) bond motifs is 2. The van der Waals surface area contributed by atoms with Crippen LogP contribution < -0.4 is 5.32 Å². The molecule has 0 spiro atoms. The van der Waals surface area contributed by atoms with Crippen LogP contribution in [0.4, 0.5) is 4.39 Å². The van der Waals surface area contributed by atoms with Crippen LogP contribution in [0.25, 0.3) is 22.0 Å². The predicted molar refractivity (Wildman–Crippen MR) is 150 cm³/mol. The minimum Gasteiger partial charge on any atom is -0.348 e. The van der Waals surface area contributed by atoms with E-state index >= 15 is 0 Å². The smallest absolute Gasteiger partial charge is 0.245 e. The van der Waals surface area contributed by atoms with Crippen molar-refractivity contribution in [1.29, 1.82) is 0 Å². The van der Waals surface area contributed by atoms with E-state index in [0.29, 0.717) is 28.7 Å². The van der Waals surface area contributed by atoms with E-state index in [9.17, 15) is 18.8 Å². The van der Waals surface area contributed by atoms with Crippen molar-refractivity contribution in [1.82, 2.24) is 30.0 Å². The number of carbonyl (C=O) groups excluding carboxylic acids is 3. The van der Waals surface area contributed by atoms with Crippen molar-refractivity contribution in [2.24, 2.45) is 5.41 Å². The highest BCUT2D eigenvalue weighted by Crippen LogP contribution is 2.59. The van der Waals surface area contributed by atoms with Crippen molar-refractivity contribution in [2.45, 2.75) is 65.2 Å². The summed E-state index contributed by atoms with van der Waals surface area (Å²) in [6.07, 6.45) is 4.82. The Kier molecular flexibility index (Phi) is 6.43. The van der Waals surface area contributed by atoms with Gasteiger partial charge in [-0.3, -0.25) is 19.1 Å². The first kappa shape index (κ1) is 26.7. The summed E-state index contributed by atoms with van der Waals surface area (Å²) in [5.41, 5.74) is 2.82. The number of Topliss-reactive ketones (excluding diaryl/α,β-unsaturated/α-hetero) is 1. The second-order valence-electron chi connectivity index (χ2n) is 11.5. The Bertz CT molecular complexity index is 1700. The number of ketones is 1. The summed E-state index contributed by atoms with van der Waals surface area (Å²) in [6.45, 7) is 6.96. The fourth-order valence-electron chi connectivity index (χ4n) is 6.06. The summed E-state index contributed by atoms with van der Waals surface area (Å²) < 4.78 is 15.9. The molecule has 1 aliphatic carbocycles. The van der Waals surface area contributed by atoms with Gasteiger partial charge in [-0.1, -0.05) is 31.2 Å². The zero-order chi connectivity index (χ0) is 29.1. The largest absolute Gasteiger partial charge is 0.348 e. The fraction of sp³-hybridized carbons (Fsp3) is 0.355. The molecule has 1 saturated carbocycles. The van der Waals surface area contributed by atoms with Crippen molar-refractivity contribution in [3.05, 3.63) is 77.8 Å². The van der Waals surface area contributed by atoms with Crippen LogP contribution in [0.2, 0.25) is 0 Å². The Balaban J connectivity index is 1.26. The van der Waals surface area contributed by atoms with Gasteiger partial charge in [0.1, 0.15) is 29.9 Å². The molecule has 2 fully saturated rings. The lowest BCUT2D eigenvalue weighted by molar-refractivity contribution is -0.140. The fourth-order valence-corrected chi connectivity index (χ4v) is 6.06. The summed E-state index contributed by atoms with van der Waals surface area (Å²) in [4.78, 5) is 49.9. The molecule has 1 saturated heterocycles. The van der Waals surface area contributed by atoms with Crippen molar-refractivity contribution in [3.63, 3.8) is 0 Å². The van der Waals surface area contributed by atoms with E-state index in [1.165, 1.54) is 13.0 Å². The molecule has 1 aliphatic heterocycles. The van der Waals surface area contributed by atoms with Gasteiger partial charge < -0.3 is 10.2 Å². The van der Waals surface area contributed by atoms with Gasteiger partial charge in [-0.05, 0) is 55.9 Å². The highest BCUT2D eigenvalue weighted by Gasteiger charge is 2.64. The second-order valence-corrected chi connectivity index (χ2v) is 11.5. The first-order valence-electron chi connectivity index (χ1n) is 13.7. The van der Waals surface area contributed by atoms with Crippen LogP contribution in [-0.4, -0.2) is 54.3 Å². The number of aromatic nitrogens is 4.